The Morgan fingerprint density at radius 3 is 2.21 bits per heavy atom. The molecule has 0 saturated heterocycles. The molecule has 0 aliphatic carbocycles. The average molecular weight is 278 g/mol. The molecule has 98 valence electrons. The molecular weight excluding hydrogens is 266 g/mol. The van der Waals surface area contributed by atoms with Crippen LogP contribution in [0.25, 0.3) is 5.69 Å². The van der Waals surface area contributed by atoms with Gasteiger partial charge in [-0.1, -0.05) is 11.6 Å². The van der Waals surface area contributed by atoms with Crippen molar-refractivity contribution in [3.63, 3.8) is 0 Å². The summed E-state index contributed by atoms with van der Waals surface area (Å²) >= 11 is 6.13. The highest BCUT2D eigenvalue weighted by molar-refractivity contribution is 6.32. The van der Waals surface area contributed by atoms with Gasteiger partial charge in [0.25, 0.3) is 0 Å². The summed E-state index contributed by atoms with van der Waals surface area (Å²) in [5.41, 5.74) is 2.21. The molecule has 0 fully saturated rings. The lowest BCUT2D eigenvalue weighted by Crippen LogP contribution is -2.12. The maximum absolute atomic E-state index is 11.4. The molecule has 2 rings (SSSR count). The van der Waals surface area contributed by atoms with E-state index in [0.29, 0.717) is 10.7 Å². The summed E-state index contributed by atoms with van der Waals surface area (Å²) in [4.78, 5) is 22.3. The van der Waals surface area contributed by atoms with E-state index in [9.17, 15) is 9.59 Å². The van der Waals surface area contributed by atoms with Gasteiger partial charge in [-0.25, -0.2) is 4.79 Å². The van der Waals surface area contributed by atoms with Crippen molar-refractivity contribution in [1.29, 1.82) is 0 Å². The van der Waals surface area contributed by atoms with Crippen LogP contribution < -0.4 is 5.43 Å². The van der Waals surface area contributed by atoms with Gasteiger partial charge in [0.15, 0.2) is 5.43 Å². The fraction of sp³-hybridized carbons (Fsp3) is 0.143. The number of pyridine rings is 1. The highest BCUT2D eigenvalue weighted by Gasteiger charge is 2.11. The quantitative estimate of drug-likeness (QED) is 0.918. The largest absolute Gasteiger partial charge is 0.478 e. The molecule has 4 nitrogen and oxygen atoms in total. The summed E-state index contributed by atoms with van der Waals surface area (Å²) in [5.74, 6) is -1.03. The smallest absolute Gasteiger partial charge is 0.335 e. The van der Waals surface area contributed by atoms with E-state index in [1.54, 1.807) is 19.9 Å². The maximum Gasteiger partial charge on any atom is 0.335 e. The van der Waals surface area contributed by atoms with Crippen LogP contribution in [0.4, 0.5) is 0 Å². The number of aryl methyl sites for hydroxylation is 2. The van der Waals surface area contributed by atoms with E-state index < -0.39 is 5.97 Å². The third kappa shape index (κ3) is 2.53. The Balaban J connectivity index is 2.66. The van der Waals surface area contributed by atoms with Crippen LogP contribution in [0.1, 0.15) is 21.7 Å². The average Bonchev–Trinajstić information content (AvgIpc) is 2.29. The van der Waals surface area contributed by atoms with Crippen LogP contribution in [0, 0.1) is 13.8 Å². The Morgan fingerprint density at radius 1 is 1.16 bits per heavy atom. The van der Waals surface area contributed by atoms with Crippen molar-refractivity contribution < 1.29 is 9.90 Å². The predicted octanol–water partition coefficient (Wildman–Crippen LogP) is 2.81. The first-order valence-corrected chi connectivity index (χ1v) is 6.01. The highest BCUT2D eigenvalue weighted by atomic mass is 35.5. The fourth-order valence-corrected chi connectivity index (χ4v) is 2.33. The van der Waals surface area contributed by atoms with Crippen LogP contribution in [0.2, 0.25) is 5.02 Å². The normalized spacial score (nSPS) is 10.5. The van der Waals surface area contributed by atoms with Crippen molar-refractivity contribution in [2.45, 2.75) is 13.8 Å². The number of hydrogen-bond acceptors (Lipinski definition) is 2. The SMILES string of the molecule is Cc1cc(=O)cc(C)n1-c1ccc(C(=O)O)cc1Cl. The third-order valence-corrected chi connectivity index (χ3v) is 3.15. The molecule has 0 spiro atoms. The summed E-state index contributed by atoms with van der Waals surface area (Å²) in [5, 5.41) is 9.24. The van der Waals surface area contributed by atoms with E-state index in [-0.39, 0.29) is 11.0 Å². The van der Waals surface area contributed by atoms with Crippen LogP contribution in [0.15, 0.2) is 35.1 Å². The summed E-state index contributed by atoms with van der Waals surface area (Å²) < 4.78 is 1.81. The second-order valence-electron chi connectivity index (χ2n) is 4.28. The second kappa shape index (κ2) is 4.90. The number of carbonyl (C=O) groups is 1. The van der Waals surface area contributed by atoms with Crippen LogP contribution >= 0.6 is 11.6 Å². The number of hydrogen-bond donors (Lipinski definition) is 1. The predicted molar refractivity (Wildman–Crippen MR) is 73.5 cm³/mol. The molecule has 1 heterocycles. The molecule has 0 unspecified atom stereocenters. The second-order valence-corrected chi connectivity index (χ2v) is 4.69. The number of benzene rings is 1. The molecule has 0 saturated carbocycles. The zero-order valence-corrected chi connectivity index (χ0v) is 11.2. The minimum atomic E-state index is -1.03. The lowest BCUT2D eigenvalue weighted by Gasteiger charge is -2.16. The first-order valence-electron chi connectivity index (χ1n) is 5.63. The first-order chi connectivity index (χ1) is 8.90. The van der Waals surface area contributed by atoms with Gasteiger partial charge in [-0.05, 0) is 32.0 Å². The topological polar surface area (TPSA) is 59.3 Å². The third-order valence-electron chi connectivity index (χ3n) is 2.84. The van der Waals surface area contributed by atoms with Gasteiger partial charge in [-0.2, -0.15) is 0 Å². The Morgan fingerprint density at radius 2 is 1.74 bits per heavy atom. The molecule has 0 bridgehead atoms. The molecular formula is C14H12ClNO3. The molecule has 2 aromatic rings. The molecule has 1 aromatic heterocycles. The zero-order chi connectivity index (χ0) is 14.2. The lowest BCUT2D eigenvalue weighted by molar-refractivity contribution is 0.0697. The van der Waals surface area contributed by atoms with Gasteiger partial charge in [0, 0.05) is 23.5 Å². The van der Waals surface area contributed by atoms with Crippen molar-refractivity contribution in [2.24, 2.45) is 0 Å². The van der Waals surface area contributed by atoms with Crippen molar-refractivity contribution in [3.05, 3.63) is 62.5 Å². The van der Waals surface area contributed by atoms with Gasteiger partial charge >= 0.3 is 5.97 Å². The lowest BCUT2D eigenvalue weighted by atomic mass is 10.2. The fourth-order valence-electron chi connectivity index (χ4n) is 2.06. The molecule has 1 aromatic carbocycles. The van der Waals surface area contributed by atoms with E-state index in [0.717, 1.165) is 11.4 Å². The molecule has 1 N–H and O–H groups in total. The van der Waals surface area contributed by atoms with E-state index in [1.165, 1.54) is 24.3 Å². The number of carboxylic acid groups (broad SMARTS) is 1. The standard InChI is InChI=1S/C14H12ClNO3/c1-8-5-11(17)6-9(2)16(8)13-4-3-10(14(18)19)7-12(13)15/h3-7H,1-2H3,(H,18,19). The van der Waals surface area contributed by atoms with Crippen LogP contribution in [0.5, 0.6) is 0 Å². The summed E-state index contributed by atoms with van der Waals surface area (Å²) in [6.07, 6.45) is 0. The Labute approximate surface area is 114 Å². The van der Waals surface area contributed by atoms with Gasteiger partial charge in [0.05, 0.1) is 16.3 Å². The van der Waals surface area contributed by atoms with Crippen LogP contribution in [-0.4, -0.2) is 15.6 Å². The number of carboxylic acids is 1. The van der Waals surface area contributed by atoms with E-state index in [1.807, 2.05) is 4.57 Å². The summed E-state index contributed by atoms with van der Waals surface area (Å²) in [7, 11) is 0. The Hall–Kier alpha value is -2.07. The Kier molecular flexibility index (Phi) is 3.44. The summed E-state index contributed by atoms with van der Waals surface area (Å²) in [6, 6.07) is 7.54. The van der Waals surface area contributed by atoms with Crippen LogP contribution in [0.3, 0.4) is 0 Å². The highest BCUT2D eigenvalue weighted by Crippen LogP contribution is 2.24. The molecule has 0 aliphatic rings. The molecule has 5 heteroatoms. The van der Waals surface area contributed by atoms with Crippen molar-refractivity contribution in [2.75, 3.05) is 0 Å². The number of aromatic nitrogens is 1. The number of halogens is 1. The summed E-state index contributed by atoms with van der Waals surface area (Å²) in [6.45, 7) is 3.60. The minimum Gasteiger partial charge on any atom is -0.478 e. The monoisotopic (exact) mass is 277 g/mol. The molecule has 19 heavy (non-hydrogen) atoms. The van der Waals surface area contributed by atoms with Crippen molar-refractivity contribution >= 4 is 17.6 Å². The maximum atomic E-state index is 11.4. The number of aromatic carboxylic acids is 1. The van der Waals surface area contributed by atoms with Crippen molar-refractivity contribution in [1.82, 2.24) is 4.57 Å². The minimum absolute atomic E-state index is 0.0653. The van der Waals surface area contributed by atoms with Gasteiger partial charge in [0.1, 0.15) is 0 Å². The van der Waals surface area contributed by atoms with Gasteiger partial charge in [-0.3, -0.25) is 4.79 Å². The van der Waals surface area contributed by atoms with Crippen LogP contribution in [-0.2, 0) is 0 Å². The Bertz CT molecular complexity index is 693. The van der Waals surface area contributed by atoms with E-state index in [4.69, 9.17) is 16.7 Å². The van der Waals surface area contributed by atoms with Gasteiger partial charge < -0.3 is 9.67 Å². The number of nitrogens with zero attached hydrogens (tertiary/aromatic N) is 1. The van der Waals surface area contributed by atoms with Gasteiger partial charge in [0.2, 0.25) is 0 Å². The number of rotatable bonds is 2. The zero-order valence-electron chi connectivity index (χ0n) is 10.5. The molecule has 0 amide bonds. The van der Waals surface area contributed by atoms with E-state index in [2.05, 4.69) is 0 Å². The van der Waals surface area contributed by atoms with Gasteiger partial charge in [-0.15, -0.1) is 0 Å². The van der Waals surface area contributed by atoms with E-state index >= 15 is 0 Å². The molecule has 0 atom stereocenters. The molecule has 0 aliphatic heterocycles. The molecule has 0 radical (unpaired) electrons. The van der Waals surface area contributed by atoms with Crippen molar-refractivity contribution in [3.8, 4) is 5.69 Å². The first kappa shape index (κ1) is 13.4.